The molecule has 4 aromatic rings. The highest BCUT2D eigenvalue weighted by Crippen LogP contribution is 2.43. The predicted molar refractivity (Wildman–Crippen MR) is 122 cm³/mol. The quantitative estimate of drug-likeness (QED) is 0.326. The van der Waals surface area contributed by atoms with Crippen molar-refractivity contribution in [2.24, 2.45) is 0 Å². The van der Waals surface area contributed by atoms with E-state index < -0.39 is 11.7 Å². The molecule has 9 heteroatoms. The lowest BCUT2D eigenvalue weighted by Gasteiger charge is -2.13. The third kappa shape index (κ3) is 3.55. The van der Waals surface area contributed by atoms with Gasteiger partial charge < -0.3 is 30.0 Å². The molecule has 1 amide bonds. The Kier molecular flexibility index (Phi) is 5.11. The van der Waals surface area contributed by atoms with E-state index in [-0.39, 0.29) is 11.5 Å². The van der Waals surface area contributed by atoms with Crippen molar-refractivity contribution >= 4 is 50.7 Å². The first-order valence-electron chi connectivity index (χ1n) is 9.42. The number of aliphatic hydroxyl groups excluding tert-OH is 1. The second-order valence-electron chi connectivity index (χ2n) is 6.88. The lowest BCUT2D eigenvalue weighted by molar-refractivity contribution is -0.115. The van der Waals surface area contributed by atoms with Gasteiger partial charge in [0.25, 0.3) is 5.91 Å². The Hall–Kier alpha value is -2.98. The summed E-state index contributed by atoms with van der Waals surface area (Å²) in [5, 5.41) is 28.5. The number of anilines is 2. The van der Waals surface area contributed by atoms with Crippen LogP contribution in [0.1, 0.15) is 11.9 Å². The molecule has 158 valence electrons. The Labute approximate surface area is 185 Å². The summed E-state index contributed by atoms with van der Waals surface area (Å²) in [5.74, 6) is 0.769. The first-order chi connectivity index (χ1) is 15.0. The maximum absolute atomic E-state index is 12.8. The molecular formula is C22H18N2O5S2. The van der Waals surface area contributed by atoms with Gasteiger partial charge in [0, 0.05) is 26.9 Å². The van der Waals surface area contributed by atoms with Crippen LogP contribution < -0.4 is 15.4 Å². The van der Waals surface area contributed by atoms with Gasteiger partial charge in [-0.2, -0.15) is 0 Å². The number of amides is 1. The summed E-state index contributed by atoms with van der Waals surface area (Å²) in [6, 6.07) is 15.0. The molecule has 0 aliphatic carbocycles. The summed E-state index contributed by atoms with van der Waals surface area (Å²) in [6.45, 7) is 0. The van der Waals surface area contributed by atoms with Gasteiger partial charge in [0.05, 0.1) is 12.7 Å². The highest BCUT2D eigenvalue weighted by molar-refractivity contribution is 8.01. The molecule has 0 saturated heterocycles. The van der Waals surface area contributed by atoms with Crippen molar-refractivity contribution in [3.05, 3.63) is 59.5 Å². The lowest BCUT2D eigenvalue weighted by Crippen LogP contribution is -2.29. The summed E-state index contributed by atoms with van der Waals surface area (Å²) >= 11 is 2.62. The van der Waals surface area contributed by atoms with Crippen LogP contribution in [-0.4, -0.2) is 28.6 Å². The van der Waals surface area contributed by atoms with Crippen molar-refractivity contribution in [3.8, 4) is 17.1 Å². The maximum Gasteiger partial charge on any atom is 0.258 e. The minimum atomic E-state index is -1.78. The van der Waals surface area contributed by atoms with Gasteiger partial charge in [0.2, 0.25) is 0 Å². The number of ether oxygens (including phenoxy) is 1. The minimum absolute atomic E-state index is 0.192. The molecule has 0 spiro atoms. The molecule has 31 heavy (non-hydrogen) atoms. The van der Waals surface area contributed by atoms with Crippen molar-refractivity contribution < 1.29 is 24.2 Å². The molecule has 5 rings (SSSR count). The average molecular weight is 455 g/mol. The van der Waals surface area contributed by atoms with Crippen LogP contribution in [0.2, 0.25) is 0 Å². The number of aliphatic hydroxyl groups is 2. The third-order valence-electron chi connectivity index (χ3n) is 4.97. The standard InChI is InChI=1S/C22H18N2O5S2/c1-28-14-7-4-5-11-9-15(29-18(11)14)12-10-30-20(17(12)22(26)27)24-19(25)21-23-13-6-2-3-8-16(13)31-21/h2-10,21-23,26-27H,1H3,(H,24,25). The number of methoxy groups -OCH3 is 1. The Morgan fingerprint density at radius 3 is 2.84 bits per heavy atom. The number of hydrogen-bond acceptors (Lipinski definition) is 8. The smallest absolute Gasteiger partial charge is 0.258 e. The van der Waals surface area contributed by atoms with E-state index in [0.717, 1.165) is 16.0 Å². The van der Waals surface area contributed by atoms with Crippen molar-refractivity contribution in [3.63, 3.8) is 0 Å². The van der Waals surface area contributed by atoms with Crippen molar-refractivity contribution in [1.82, 2.24) is 0 Å². The molecule has 0 saturated carbocycles. The molecule has 0 fully saturated rings. The summed E-state index contributed by atoms with van der Waals surface area (Å²) in [7, 11) is 1.56. The van der Waals surface area contributed by atoms with E-state index in [2.05, 4.69) is 10.6 Å². The van der Waals surface area contributed by atoms with Crippen LogP contribution in [0.3, 0.4) is 0 Å². The van der Waals surface area contributed by atoms with Gasteiger partial charge in [-0.25, -0.2) is 0 Å². The van der Waals surface area contributed by atoms with E-state index in [9.17, 15) is 15.0 Å². The number of thioether (sulfide) groups is 1. The lowest BCUT2D eigenvalue weighted by atomic mass is 10.1. The summed E-state index contributed by atoms with van der Waals surface area (Å²) in [5.41, 5.74) is 2.17. The van der Waals surface area contributed by atoms with E-state index in [4.69, 9.17) is 9.15 Å². The monoisotopic (exact) mass is 454 g/mol. The van der Waals surface area contributed by atoms with Crippen molar-refractivity contribution in [2.75, 3.05) is 17.7 Å². The largest absolute Gasteiger partial charge is 0.493 e. The molecule has 4 N–H and O–H groups in total. The molecule has 1 aliphatic rings. The maximum atomic E-state index is 12.8. The Morgan fingerprint density at radius 2 is 2.06 bits per heavy atom. The number of hydrogen-bond donors (Lipinski definition) is 4. The number of nitrogens with one attached hydrogen (secondary N) is 2. The number of benzene rings is 2. The van der Waals surface area contributed by atoms with Gasteiger partial charge in [-0.15, -0.1) is 11.3 Å². The second-order valence-corrected chi connectivity index (χ2v) is 8.91. The fraction of sp³-hybridized carbons (Fsp3) is 0.136. The van der Waals surface area contributed by atoms with Crippen LogP contribution in [0.4, 0.5) is 10.7 Å². The molecule has 1 atom stereocenters. The van der Waals surface area contributed by atoms with E-state index >= 15 is 0 Å². The molecule has 0 radical (unpaired) electrons. The first-order valence-corrected chi connectivity index (χ1v) is 11.2. The minimum Gasteiger partial charge on any atom is -0.493 e. The number of fused-ring (bicyclic) bond motifs is 2. The van der Waals surface area contributed by atoms with Crippen molar-refractivity contribution in [1.29, 1.82) is 0 Å². The summed E-state index contributed by atoms with van der Waals surface area (Å²) < 4.78 is 11.3. The van der Waals surface area contributed by atoms with Crippen LogP contribution in [0.5, 0.6) is 5.75 Å². The van der Waals surface area contributed by atoms with Gasteiger partial charge in [-0.3, -0.25) is 4.79 Å². The number of thiophene rings is 1. The molecule has 1 unspecified atom stereocenters. The molecule has 7 nitrogen and oxygen atoms in total. The van der Waals surface area contributed by atoms with E-state index in [1.165, 1.54) is 23.1 Å². The third-order valence-corrected chi connectivity index (χ3v) is 7.06. The van der Waals surface area contributed by atoms with Gasteiger partial charge in [0.1, 0.15) is 10.8 Å². The van der Waals surface area contributed by atoms with Crippen LogP contribution in [0.25, 0.3) is 22.3 Å². The van der Waals surface area contributed by atoms with E-state index in [1.807, 2.05) is 42.5 Å². The highest BCUT2D eigenvalue weighted by Gasteiger charge is 2.30. The van der Waals surface area contributed by atoms with Crippen LogP contribution >= 0.6 is 23.1 Å². The normalized spacial score (nSPS) is 15.2. The number of carbonyl (C=O) groups excluding carboxylic acids is 1. The van der Waals surface area contributed by atoms with Crippen LogP contribution in [0, 0.1) is 0 Å². The van der Waals surface area contributed by atoms with Gasteiger partial charge in [0.15, 0.2) is 23.0 Å². The summed E-state index contributed by atoms with van der Waals surface area (Å²) in [4.78, 5) is 13.8. The van der Waals surface area contributed by atoms with Gasteiger partial charge >= 0.3 is 0 Å². The fourth-order valence-electron chi connectivity index (χ4n) is 3.52. The molecule has 3 heterocycles. The first kappa shape index (κ1) is 20.0. The van der Waals surface area contributed by atoms with Gasteiger partial charge in [-0.05, 0) is 24.3 Å². The average Bonchev–Trinajstić information content (AvgIpc) is 3.48. The Bertz CT molecular complexity index is 1260. The zero-order valence-electron chi connectivity index (χ0n) is 16.3. The van der Waals surface area contributed by atoms with E-state index in [0.29, 0.717) is 27.7 Å². The molecule has 0 bridgehead atoms. The summed E-state index contributed by atoms with van der Waals surface area (Å²) in [6.07, 6.45) is -1.78. The Morgan fingerprint density at radius 1 is 1.23 bits per heavy atom. The van der Waals surface area contributed by atoms with Crippen molar-refractivity contribution in [2.45, 2.75) is 16.6 Å². The topological polar surface area (TPSA) is 104 Å². The van der Waals surface area contributed by atoms with Crippen LogP contribution in [-0.2, 0) is 4.79 Å². The number of furan rings is 1. The molecule has 1 aliphatic heterocycles. The van der Waals surface area contributed by atoms with Crippen LogP contribution in [0.15, 0.2) is 63.2 Å². The number of para-hydroxylation sites is 2. The molecule has 2 aromatic heterocycles. The number of carbonyl (C=O) groups is 1. The molecule has 2 aromatic carbocycles. The predicted octanol–water partition coefficient (Wildman–Crippen LogP) is 4.64. The SMILES string of the molecule is COc1cccc2cc(-c3csc(NC(=O)C4Nc5ccccc5S4)c3C(O)O)oc12. The number of rotatable bonds is 5. The zero-order chi connectivity index (χ0) is 21.5. The second kappa shape index (κ2) is 7.93. The zero-order valence-corrected chi connectivity index (χ0v) is 17.9. The molecular weight excluding hydrogens is 436 g/mol. The Balaban J connectivity index is 1.45. The fourth-order valence-corrected chi connectivity index (χ4v) is 5.52. The van der Waals surface area contributed by atoms with Gasteiger partial charge in [-0.1, -0.05) is 36.0 Å². The highest BCUT2D eigenvalue weighted by atomic mass is 32.2. The van der Waals surface area contributed by atoms with E-state index in [1.54, 1.807) is 18.6 Å².